The first-order valence-electron chi connectivity index (χ1n) is 8.98. The molecule has 1 aromatic carbocycles. The molecular weight excluding hydrogens is 440 g/mol. The summed E-state index contributed by atoms with van der Waals surface area (Å²) in [7, 11) is 0. The summed E-state index contributed by atoms with van der Waals surface area (Å²) in [6.07, 6.45) is 1.84. The van der Waals surface area contributed by atoms with Crippen molar-refractivity contribution in [1.82, 2.24) is 14.0 Å². The molecule has 0 unspecified atom stereocenters. The molecule has 0 atom stereocenters. The van der Waals surface area contributed by atoms with E-state index < -0.39 is 0 Å². The number of fused-ring (bicyclic) bond motifs is 2. The summed E-state index contributed by atoms with van der Waals surface area (Å²) in [6.45, 7) is 5.65. The molecule has 4 rings (SSSR count). The van der Waals surface area contributed by atoms with Crippen molar-refractivity contribution in [1.29, 1.82) is 0 Å². The fourth-order valence-electron chi connectivity index (χ4n) is 3.16. The van der Waals surface area contributed by atoms with Crippen LogP contribution in [-0.4, -0.2) is 33.1 Å². The molecule has 0 radical (unpaired) electrons. The molecule has 0 spiro atoms. The van der Waals surface area contributed by atoms with Crippen LogP contribution in [0.5, 0.6) is 0 Å². The topological polar surface area (TPSA) is 60.9 Å². The largest absolute Gasteiger partial charge is 0.380 e. The number of aromatic nitrogens is 3. The average Bonchev–Trinajstić information content (AvgIpc) is 3.18. The lowest BCUT2D eigenvalue weighted by Crippen LogP contribution is -2.20. The maximum atomic E-state index is 13.1. The Morgan fingerprint density at radius 3 is 3.00 bits per heavy atom. The zero-order valence-electron chi connectivity index (χ0n) is 15.6. The van der Waals surface area contributed by atoms with E-state index in [0.29, 0.717) is 35.9 Å². The minimum absolute atomic E-state index is 0.299. The number of rotatable bonds is 5. The monoisotopic (exact) mass is 458 g/mol. The van der Waals surface area contributed by atoms with Gasteiger partial charge in [0.2, 0.25) is 0 Å². The molecule has 6 nitrogen and oxygen atoms in total. The summed E-state index contributed by atoms with van der Waals surface area (Å²) in [5, 5.41) is 0. The minimum Gasteiger partial charge on any atom is -0.380 e. The first kappa shape index (κ1) is 19.0. The number of carbonyl (C=O) groups is 1. The lowest BCUT2D eigenvalue weighted by molar-refractivity contribution is 0.0990. The van der Waals surface area contributed by atoms with E-state index in [2.05, 4.69) is 25.9 Å². The van der Waals surface area contributed by atoms with E-state index in [0.717, 1.165) is 20.3 Å². The molecule has 8 heteroatoms. The van der Waals surface area contributed by atoms with Gasteiger partial charge in [0.1, 0.15) is 11.3 Å². The molecule has 0 aliphatic heterocycles. The van der Waals surface area contributed by atoms with Crippen LogP contribution in [0.4, 0.5) is 0 Å². The van der Waals surface area contributed by atoms with Crippen LogP contribution in [0, 0.1) is 6.92 Å². The van der Waals surface area contributed by atoms with Crippen LogP contribution in [0.3, 0.4) is 0 Å². The number of carbonyl (C=O) groups excluding carboxylic acids is 1. The van der Waals surface area contributed by atoms with Crippen LogP contribution in [0.15, 0.2) is 52.1 Å². The van der Waals surface area contributed by atoms with Crippen molar-refractivity contribution in [2.75, 3.05) is 13.2 Å². The van der Waals surface area contributed by atoms with Gasteiger partial charge in [-0.15, -0.1) is 0 Å². The summed E-state index contributed by atoms with van der Waals surface area (Å²) in [6, 6.07) is 11.7. The second-order valence-corrected chi connectivity index (χ2v) is 8.16. The molecule has 3 aromatic heterocycles. The summed E-state index contributed by atoms with van der Waals surface area (Å²) < 4.78 is 11.4. The smallest absolute Gasteiger partial charge is 0.298 e. The fourth-order valence-corrected chi connectivity index (χ4v) is 4.77. The van der Waals surface area contributed by atoms with E-state index in [9.17, 15) is 4.79 Å². The molecule has 0 aliphatic rings. The summed E-state index contributed by atoms with van der Waals surface area (Å²) >= 11 is 5.01. The molecule has 0 bridgehead atoms. The highest BCUT2D eigenvalue weighted by Crippen LogP contribution is 2.22. The molecule has 4 aromatic rings. The zero-order valence-corrected chi connectivity index (χ0v) is 18.0. The van der Waals surface area contributed by atoms with Crippen molar-refractivity contribution < 1.29 is 9.53 Å². The van der Waals surface area contributed by atoms with Crippen molar-refractivity contribution in [3.8, 4) is 0 Å². The number of hydrogen-bond acceptors (Lipinski definition) is 4. The highest BCUT2D eigenvalue weighted by molar-refractivity contribution is 9.10. The Kier molecular flexibility index (Phi) is 5.43. The SMILES string of the molecule is CCOCCn1c(=NC(=O)c2c(C)nc3ccccn23)sc2cc(Br)ccc21. The van der Waals surface area contributed by atoms with Crippen LogP contribution in [0.1, 0.15) is 23.1 Å². The number of thiazole rings is 1. The summed E-state index contributed by atoms with van der Waals surface area (Å²) in [5.41, 5.74) is 2.94. The van der Waals surface area contributed by atoms with Crippen molar-refractivity contribution in [3.63, 3.8) is 0 Å². The second kappa shape index (κ2) is 7.98. The maximum absolute atomic E-state index is 13.1. The van der Waals surface area contributed by atoms with E-state index in [4.69, 9.17) is 4.74 Å². The second-order valence-electron chi connectivity index (χ2n) is 6.24. The molecule has 0 saturated carbocycles. The first-order chi connectivity index (χ1) is 13.6. The third kappa shape index (κ3) is 3.55. The van der Waals surface area contributed by atoms with Gasteiger partial charge in [-0.25, -0.2) is 4.98 Å². The number of ether oxygens (including phenoxy) is 1. The number of amides is 1. The standard InChI is InChI=1S/C20H19BrN4O2S/c1-3-27-11-10-24-15-8-7-14(21)12-16(15)28-20(24)23-19(26)18-13(2)22-17-6-4-5-9-25(17)18/h4-9,12H,3,10-11H2,1-2H3. The molecule has 0 N–H and O–H groups in total. The van der Waals surface area contributed by atoms with E-state index in [1.807, 2.05) is 61.0 Å². The van der Waals surface area contributed by atoms with Crippen molar-refractivity contribution in [2.24, 2.45) is 4.99 Å². The normalized spacial score (nSPS) is 12.3. The van der Waals surface area contributed by atoms with Crippen LogP contribution >= 0.6 is 27.3 Å². The molecule has 0 fully saturated rings. The van der Waals surface area contributed by atoms with Crippen molar-refractivity contribution >= 4 is 49.0 Å². The average molecular weight is 459 g/mol. The minimum atomic E-state index is -0.299. The van der Waals surface area contributed by atoms with Crippen molar-refractivity contribution in [3.05, 3.63) is 63.3 Å². The third-order valence-corrected chi connectivity index (χ3v) is 5.95. The molecule has 28 heavy (non-hydrogen) atoms. The molecule has 0 saturated heterocycles. The van der Waals surface area contributed by atoms with Gasteiger partial charge in [-0.05, 0) is 44.2 Å². The Morgan fingerprint density at radius 1 is 1.32 bits per heavy atom. The van der Waals surface area contributed by atoms with Gasteiger partial charge >= 0.3 is 0 Å². The number of benzene rings is 1. The van der Waals surface area contributed by atoms with Gasteiger partial charge in [0.25, 0.3) is 5.91 Å². The number of nitrogens with zero attached hydrogens (tertiary/aromatic N) is 4. The number of hydrogen-bond donors (Lipinski definition) is 0. The number of aryl methyl sites for hydroxylation is 1. The van der Waals surface area contributed by atoms with Gasteiger partial charge in [-0.2, -0.15) is 4.99 Å². The van der Waals surface area contributed by atoms with Gasteiger partial charge < -0.3 is 9.30 Å². The number of halogens is 1. The zero-order chi connectivity index (χ0) is 19.7. The first-order valence-corrected chi connectivity index (χ1v) is 10.6. The summed E-state index contributed by atoms with van der Waals surface area (Å²) in [4.78, 5) is 22.7. The Balaban J connectivity index is 1.84. The van der Waals surface area contributed by atoms with Gasteiger partial charge in [0.15, 0.2) is 4.80 Å². The predicted octanol–water partition coefficient (Wildman–Crippen LogP) is 4.20. The Morgan fingerprint density at radius 2 is 2.18 bits per heavy atom. The Hall–Kier alpha value is -2.29. The molecule has 1 amide bonds. The quantitative estimate of drug-likeness (QED) is 0.421. The van der Waals surface area contributed by atoms with E-state index in [-0.39, 0.29) is 5.91 Å². The van der Waals surface area contributed by atoms with Gasteiger partial charge in [-0.1, -0.05) is 33.3 Å². The van der Waals surface area contributed by atoms with Gasteiger partial charge in [0.05, 0.1) is 22.5 Å². The predicted molar refractivity (Wildman–Crippen MR) is 114 cm³/mol. The van der Waals surface area contributed by atoms with Crippen LogP contribution < -0.4 is 4.80 Å². The van der Waals surface area contributed by atoms with Crippen LogP contribution in [0.2, 0.25) is 0 Å². The number of imidazole rings is 1. The van der Waals surface area contributed by atoms with E-state index >= 15 is 0 Å². The van der Waals surface area contributed by atoms with Crippen LogP contribution in [0.25, 0.3) is 15.9 Å². The van der Waals surface area contributed by atoms with Gasteiger partial charge in [-0.3, -0.25) is 9.20 Å². The lowest BCUT2D eigenvalue weighted by Gasteiger charge is -2.05. The molecule has 3 heterocycles. The molecule has 144 valence electrons. The lowest BCUT2D eigenvalue weighted by atomic mass is 10.3. The molecule has 0 aliphatic carbocycles. The highest BCUT2D eigenvalue weighted by Gasteiger charge is 2.17. The van der Waals surface area contributed by atoms with Crippen LogP contribution in [-0.2, 0) is 11.3 Å². The van der Waals surface area contributed by atoms with E-state index in [1.54, 1.807) is 4.40 Å². The third-order valence-electron chi connectivity index (χ3n) is 4.41. The van der Waals surface area contributed by atoms with Gasteiger partial charge in [0, 0.05) is 23.8 Å². The number of pyridine rings is 1. The fraction of sp³-hybridized carbons (Fsp3) is 0.250. The maximum Gasteiger partial charge on any atom is 0.298 e. The van der Waals surface area contributed by atoms with Crippen molar-refractivity contribution in [2.45, 2.75) is 20.4 Å². The molecular formula is C20H19BrN4O2S. The Bertz CT molecular complexity index is 1240. The van der Waals surface area contributed by atoms with E-state index in [1.165, 1.54) is 11.3 Å². The summed E-state index contributed by atoms with van der Waals surface area (Å²) in [5.74, 6) is -0.299. The Labute approximate surface area is 174 Å². The highest BCUT2D eigenvalue weighted by atomic mass is 79.9.